The van der Waals surface area contributed by atoms with Crippen molar-refractivity contribution in [2.24, 2.45) is 0 Å². The number of fused-ring (bicyclic) bond motifs is 3. The summed E-state index contributed by atoms with van der Waals surface area (Å²) in [6.07, 6.45) is 5.91. The number of nitrogens with zero attached hydrogens (tertiary/aromatic N) is 5. The quantitative estimate of drug-likeness (QED) is 0.596. The second kappa shape index (κ2) is 9.65. The highest BCUT2D eigenvalue weighted by Gasteiger charge is 2.38. The lowest BCUT2D eigenvalue weighted by molar-refractivity contribution is -0.192. The Bertz CT molecular complexity index is 1180. The van der Waals surface area contributed by atoms with Crippen molar-refractivity contribution in [3.63, 3.8) is 0 Å². The average Bonchev–Trinajstić information content (AvgIpc) is 3.46. The van der Waals surface area contributed by atoms with Crippen LogP contribution in [0.4, 0.5) is 19.0 Å². The molecule has 12 heteroatoms. The SMILES string of the molecule is O=C(O)C(F)(F)F.O=C(c1cccnc1)N1CCc2nn3ccc(NC4CCCC4)nc3c2C1. The van der Waals surface area contributed by atoms with Crippen LogP contribution in [-0.4, -0.2) is 60.2 Å². The van der Waals surface area contributed by atoms with Crippen LogP contribution in [-0.2, 0) is 17.8 Å². The Hall–Kier alpha value is -3.70. The van der Waals surface area contributed by atoms with Crippen LogP contribution in [0.3, 0.4) is 0 Å². The van der Waals surface area contributed by atoms with Crippen molar-refractivity contribution in [3.8, 4) is 0 Å². The van der Waals surface area contributed by atoms with E-state index in [1.54, 1.807) is 18.5 Å². The summed E-state index contributed by atoms with van der Waals surface area (Å²) in [5, 5.41) is 15.3. The van der Waals surface area contributed by atoms with Crippen LogP contribution in [0.5, 0.6) is 0 Å². The highest BCUT2D eigenvalue weighted by molar-refractivity contribution is 5.94. The summed E-state index contributed by atoms with van der Waals surface area (Å²) in [4.78, 5) is 32.4. The van der Waals surface area contributed by atoms with Crippen molar-refractivity contribution in [1.29, 1.82) is 0 Å². The molecule has 34 heavy (non-hydrogen) atoms. The summed E-state index contributed by atoms with van der Waals surface area (Å²) < 4.78 is 33.6. The van der Waals surface area contributed by atoms with E-state index >= 15 is 0 Å². The molecule has 0 bridgehead atoms. The Labute approximate surface area is 192 Å². The van der Waals surface area contributed by atoms with Gasteiger partial charge in [-0.1, -0.05) is 12.8 Å². The minimum absolute atomic E-state index is 0.00772. The third-order valence-corrected chi connectivity index (χ3v) is 5.78. The zero-order chi connectivity index (χ0) is 24.3. The second-order valence-corrected chi connectivity index (χ2v) is 8.15. The molecular weight excluding hydrogens is 453 g/mol. The predicted molar refractivity (Wildman–Crippen MR) is 115 cm³/mol. The van der Waals surface area contributed by atoms with E-state index in [0.29, 0.717) is 24.7 Å². The predicted octanol–water partition coefficient (Wildman–Crippen LogP) is 3.31. The van der Waals surface area contributed by atoms with Gasteiger partial charge in [0, 0.05) is 43.2 Å². The normalized spacial score (nSPS) is 16.0. The van der Waals surface area contributed by atoms with Crippen molar-refractivity contribution in [2.75, 3.05) is 11.9 Å². The molecule has 9 nitrogen and oxygen atoms in total. The monoisotopic (exact) mass is 476 g/mol. The van der Waals surface area contributed by atoms with Gasteiger partial charge in [0.05, 0.1) is 17.8 Å². The van der Waals surface area contributed by atoms with E-state index in [-0.39, 0.29) is 5.91 Å². The number of rotatable bonds is 3. The van der Waals surface area contributed by atoms with Crippen LogP contribution >= 0.6 is 0 Å². The number of aromatic nitrogens is 4. The highest BCUT2D eigenvalue weighted by atomic mass is 19.4. The molecule has 0 unspecified atom stereocenters. The van der Waals surface area contributed by atoms with Crippen LogP contribution in [0.15, 0.2) is 36.8 Å². The number of carboxylic acids is 1. The molecule has 2 N–H and O–H groups in total. The zero-order valence-corrected chi connectivity index (χ0v) is 18.1. The third kappa shape index (κ3) is 5.26. The van der Waals surface area contributed by atoms with Gasteiger partial charge in [0.1, 0.15) is 5.82 Å². The molecule has 1 saturated carbocycles. The van der Waals surface area contributed by atoms with Gasteiger partial charge in [-0.15, -0.1) is 0 Å². The maximum absolute atomic E-state index is 12.8. The van der Waals surface area contributed by atoms with Gasteiger partial charge in [-0.25, -0.2) is 14.3 Å². The first kappa shape index (κ1) is 23.5. The summed E-state index contributed by atoms with van der Waals surface area (Å²) in [6.45, 7) is 1.20. The molecule has 2 aliphatic rings. The first-order valence-electron chi connectivity index (χ1n) is 10.9. The van der Waals surface area contributed by atoms with Gasteiger partial charge in [-0.3, -0.25) is 9.78 Å². The fraction of sp³-hybridized carbons (Fsp3) is 0.409. The first-order valence-corrected chi connectivity index (χ1v) is 10.9. The van der Waals surface area contributed by atoms with E-state index in [1.807, 2.05) is 27.7 Å². The largest absolute Gasteiger partial charge is 0.490 e. The van der Waals surface area contributed by atoms with Crippen LogP contribution in [0.2, 0.25) is 0 Å². The molecule has 0 aromatic carbocycles. The van der Waals surface area contributed by atoms with Crippen molar-refractivity contribution in [1.82, 2.24) is 24.5 Å². The fourth-order valence-corrected chi connectivity index (χ4v) is 4.10. The number of hydrogen-bond donors (Lipinski definition) is 2. The van der Waals surface area contributed by atoms with E-state index in [0.717, 1.165) is 29.1 Å². The number of pyridine rings is 1. The molecule has 3 aromatic heterocycles. The molecule has 1 amide bonds. The molecule has 0 saturated heterocycles. The molecule has 0 radical (unpaired) electrons. The molecule has 5 rings (SSSR count). The van der Waals surface area contributed by atoms with Gasteiger partial charge in [-0.05, 0) is 31.0 Å². The lowest BCUT2D eigenvalue weighted by Gasteiger charge is -2.26. The summed E-state index contributed by atoms with van der Waals surface area (Å²) in [5.41, 5.74) is 3.55. The Balaban J connectivity index is 0.000000344. The van der Waals surface area contributed by atoms with E-state index < -0.39 is 12.1 Å². The average molecular weight is 476 g/mol. The van der Waals surface area contributed by atoms with Gasteiger partial charge in [0.15, 0.2) is 5.65 Å². The lowest BCUT2D eigenvalue weighted by Crippen LogP contribution is -2.35. The Morgan fingerprint density at radius 1 is 1.18 bits per heavy atom. The number of anilines is 1. The summed E-state index contributed by atoms with van der Waals surface area (Å²) in [7, 11) is 0. The van der Waals surface area contributed by atoms with Gasteiger partial charge >= 0.3 is 12.1 Å². The molecule has 4 heterocycles. The maximum atomic E-state index is 12.8. The van der Waals surface area contributed by atoms with Crippen LogP contribution < -0.4 is 5.32 Å². The maximum Gasteiger partial charge on any atom is 0.490 e. The number of aliphatic carboxylic acids is 1. The van der Waals surface area contributed by atoms with Gasteiger partial charge in [0.25, 0.3) is 5.91 Å². The lowest BCUT2D eigenvalue weighted by atomic mass is 10.1. The first-order chi connectivity index (χ1) is 16.2. The van der Waals surface area contributed by atoms with E-state index in [9.17, 15) is 18.0 Å². The number of carbonyl (C=O) groups is 2. The second-order valence-electron chi connectivity index (χ2n) is 8.15. The fourth-order valence-electron chi connectivity index (χ4n) is 4.10. The van der Waals surface area contributed by atoms with Crippen molar-refractivity contribution >= 4 is 23.3 Å². The van der Waals surface area contributed by atoms with Crippen LogP contribution in [0.25, 0.3) is 5.65 Å². The van der Waals surface area contributed by atoms with Gasteiger partial charge in [-0.2, -0.15) is 18.3 Å². The van der Waals surface area contributed by atoms with Crippen molar-refractivity contribution in [2.45, 2.75) is 50.9 Å². The Morgan fingerprint density at radius 2 is 1.91 bits per heavy atom. The molecule has 0 spiro atoms. The third-order valence-electron chi connectivity index (χ3n) is 5.78. The summed E-state index contributed by atoms with van der Waals surface area (Å²) >= 11 is 0. The van der Waals surface area contributed by atoms with E-state index in [4.69, 9.17) is 14.9 Å². The van der Waals surface area contributed by atoms with Crippen molar-refractivity contribution in [3.05, 3.63) is 53.6 Å². The molecule has 1 fully saturated rings. The molecule has 3 aromatic rings. The molecular formula is C22H23F3N6O3. The summed E-state index contributed by atoms with van der Waals surface area (Å²) in [5.74, 6) is -1.85. The standard InChI is InChI=1S/C20H22N6O.C2HF3O2/c27-20(14-4-3-9-21-12-14)25-10-7-17-16(13-25)19-23-18(8-11-26(19)24-17)22-15-5-1-2-6-15;3-2(4,5)1(6)7/h3-4,8-9,11-12,15H,1-2,5-7,10,13H2,(H,22,23);(H,6,7). The minimum Gasteiger partial charge on any atom is -0.475 e. The van der Waals surface area contributed by atoms with Crippen LogP contribution in [0.1, 0.15) is 47.3 Å². The van der Waals surface area contributed by atoms with Crippen molar-refractivity contribution < 1.29 is 27.9 Å². The molecule has 0 atom stereocenters. The topological polar surface area (TPSA) is 113 Å². The number of amides is 1. The number of carboxylic acid groups (broad SMARTS) is 1. The number of nitrogens with one attached hydrogen (secondary N) is 1. The van der Waals surface area contributed by atoms with E-state index in [2.05, 4.69) is 15.4 Å². The zero-order valence-electron chi connectivity index (χ0n) is 18.1. The minimum atomic E-state index is -5.08. The Kier molecular flexibility index (Phi) is 6.66. The highest BCUT2D eigenvalue weighted by Crippen LogP contribution is 2.26. The Morgan fingerprint density at radius 3 is 2.56 bits per heavy atom. The molecule has 180 valence electrons. The smallest absolute Gasteiger partial charge is 0.475 e. The number of carbonyl (C=O) groups excluding carboxylic acids is 1. The van der Waals surface area contributed by atoms with Gasteiger partial charge < -0.3 is 15.3 Å². The molecule has 1 aliphatic carbocycles. The molecule has 1 aliphatic heterocycles. The van der Waals surface area contributed by atoms with Crippen LogP contribution in [0, 0.1) is 0 Å². The van der Waals surface area contributed by atoms with Gasteiger partial charge in [0.2, 0.25) is 0 Å². The number of alkyl halides is 3. The number of halogens is 3. The summed E-state index contributed by atoms with van der Waals surface area (Å²) in [6, 6.07) is 6.10. The number of hydrogen-bond acceptors (Lipinski definition) is 6. The van der Waals surface area contributed by atoms with E-state index in [1.165, 1.54) is 25.7 Å².